The number of aromatic amines is 1. The second-order valence-corrected chi connectivity index (χ2v) is 8.45. The van der Waals surface area contributed by atoms with Crippen LogP contribution in [0.25, 0.3) is 5.69 Å². The van der Waals surface area contributed by atoms with Crippen molar-refractivity contribution in [3.8, 4) is 5.69 Å². The summed E-state index contributed by atoms with van der Waals surface area (Å²) in [5.41, 5.74) is 1.76. The fourth-order valence-electron chi connectivity index (χ4n) is 4.76. The molecule has 1 aliphatic heterocycles. The molecule has 2 heterocycles. The number of piperidine rings is 1. The van der Waals surface area contributed by atoms with Gasteiger partial charge in [0, 0.05) is 25.9 Å². The lowest BCUT2D eigenvalue weighted by molar-refractivity contribution is -0.133. The maximum Gasteiger partial charge on any atom is 0.347 e. The van der Waals surface area contributed by atoms with E-state index in [2.05, 4.69) is 10.2 Å². The summed E-state index contributed by atoms with van der Waals surface area (Å²) in [6.07, 6.45) is 8.46. The van der Waals surface area contributed by atoms with E-state index in [-0.39, 0.29) is 5.69 Å². The molecule has 1 aromatic heterocycles. The number of carbonyl (C=O) groups is 1. The lowest BCUT2D eigenvalue weighted by Crippen LogP contribution is -2.39. The number of para-hydroxylation sites is 1. The fourth-order valence-corrected chi connectivity index (χ4v) is 4.76. The summed E-state index contributed by atoms with van der Waals surface area (Å²) < 4.78 is 1.70. The number of aryl methyl sites for hydroxylation is 1. The number of nitrogens with zero attached hydrogens (tertiary/aromatic N) is 3. The van der Waals surface area contributed by atoms with E-state index in [1.54, 1.807) is 4.57 Å². The van der Waals surface area contributed by atoms with E-state index in [0.717, 1.165) is 55.8 Å². The molecule has 0 spiro atoms. The minimum Gasteiger partial charge on any atom is -0.343 e. The summed E-state index contributed by atoms with van der Waals surface area (Å²) in [4.78, 5) is 26.9. The van der Waals surface area contributed by atoms with Gasteiger partial charge in [0.25, 0.3) is 0 Å². The molecule has 2 fully saturated rings. The van der Waals surface area contributed by atoms with Crippen LogP contribution in [0, 0.1) is 18.8 Å². The van der Waals surface area contributed by atoms with Gasteiger partial charge in [0.15, 0.2) is 0 Å². The van der Waals surface area contributed by atoms with Crippen LogP contribution < -0.4 is 5.69 Å². The van der Waals surface area contributed by atoms with Crippen molar-refractivity contribution < 1.29 is 4.79 Å². The third-order valence-corrected chi connectivity index (χ3v) is 6.47. The lowest BCUT2D eigenvalue weighted by Gasteiger charge is -2.32. The Hall–Kier alpha value is -2.37. The molecule has 6 nitrogen and oxygen atoms in total. The summed E-state index contributed by atoms with van der Waals surface area (Å²) in [5, 5.41) is 6.91. The van der Waals surface area contributed by atoms with Gasteiger partial charge < -0.3 is 4.90 Å². The molecule has 2 aromatic rings. The highest BCUT2D eigenvalue weighted by molar-refractivity contribution is 5.76. The lowest BCUT2D eigenvalue weighted by atomic mass is 9.92. The number of likely N-dealkylation sites (tertiary alicyclic amines) is 1. The van der Waals surface area contributed by atoms with E-state index in [9.17, 15) is 9.59 Å². The van der Waals surface area contributed by atoms with Crippen LogP contribution in [0.1, 0.15) is 56.3 Å². The first kappa shape index (κ1) is 19.0. The van der Waals surface area contributed by atoms with Crippen molar-refractivity contribution in [3.05, 3.63) is 46.1 Å². The average Bonchev–Trinajstić information content (AvgIpc) is 3.33. The predicted molar refractivity (Wildman–Crippen MR) is 109 cm³/mol. The monoisotopic (exact) mass is 382 g/mol. The molecule has 1 N–H and O–H groups in total. The fraction of sp³-hybridized carbons (Fsp3) is 0.591. The Bertz CT molecular complexity index is 871. The summed E-state index contributed by atoms with van der Waals surface area (Å²) in [7, 11) is 0. The van der Waals surface area contributed by atoms with Crippen LogP contribution in [0.5, 0.6) is 0 Å². The molecule has 0 unspecified atom stereocenters. The first-order chi connectivity index (χ1) is 13.6. The van der Waals surface area contributed by atoms with Gasteiger partial charge in [-0.1, -0.05) is 31.0 Å². The maximum atomic E-state index is 12.6. The zero-order chi connectivity index (χ0) is 19.5. The molecule has 150 valence electrons. The van der Waals surface area contributed by atoms with Crippen molar-refractivity contribution in [2.45, 2.75) is 58.3 Å². The molecule has 1 saturated heterocycles. The number of rotatable bonds is 5. The van der Waals surface area contributed by atoms with Gasteiger partial charge in [-0.15, -0.1) is 0 Å². The van der Waals surface area contributed by atoms with Crippen LogP contribution in [0.2, 0.25) is 0 Å². The second-order valence-electron chi connectivity index (χ2n) is 8.45. The van der Waals surface area contributed by atoms with Gasteiger partial charge in [0.1, 0.15) is 5.82 Å². The molecule has 2 aliphatic rings. The van der Waals surface area contributed by atoms with E-state index in [4.69, 9.17) is 0 Å². The molecule has 1 aromatic carbocycles. The van der Waals surface area contributed by atoms with Crippen molar-refractivity contribution in [1.82, 2.24) is 19.7 Å². The molecule has 4 rings (SSSR count). The highest BCUT2D eigenvalue weighted by atomic mass is 16.2. The van der Waals surface area contributed by atoms with Crippen LogP contribution in [0.15, 0.2) is 29.1 Å². The van der Waals surface area contributed by atoms with Crippen molar-refractivity contribution in [2.75, 3.05) is 13.1 Å². The molecule has 1 aliphatic carbocycles. The van der Waals surface area contributed by atoms with Gasteiger partial charge in [0.2, 0.25) is 5.91 Å². The smallest absolute Gasteiger partial charge is 0.343 e. The predicted octanol–water partition coefficient (Wildman–Crippen LogP) is 3.23. The SMILES string of the molecule is Cc1ccccc1-n1c(CC2CCN(C(=O)CC3CCCC3)CC2)n[nH]c1=O. The van der Waals surface area contributed by atoms with Gasteiger partial charge in [-0.25, -0.2) is 14.5 Å². The topological polar surface area (TPSA) is 71.0 Å². The quantitative estimate of drug-likeness (QED) is 0.863. The number of aromatic nitrogens is 3. The molecular weight excluding hydrogens is 352 g/mol. The number of hydrogen-bond acceptors (Lipinski definition) is 3. The third-order valence-electron chi connectivity index (χ3n) is 6.47. The Kier molecular flexibility index (Phi) is 5.64. The van der Waals surface area contributed by atoms with Crippen molar-refractivity contribution in [3.63, 3.8) is 0 Å². The van der Waals surface area contributed by atoms with Gasteiger partial charge in [-0.3, -0.25) is 4.79 Å². The highest BCUT2D eigenvalue weighted by Crippen LogP contribution is 2.29. The number of amides is 1. The van der Waals surface area contributed by atoms with E-state index < -0.39 is 0 Å². The summed E-state index contributed by atoms with van der Waals surface area (Å²) in [6.45, 7) is 3.66. The van der Waals surface area contributed by atoms with E-state index in [0.29, 0.717) is 17.7 Å². The number of benzene rings is 1. The first-order valence-electron chi connectivity index (χ1n) is 10.6. The van der Waals surface area contributed by atoms with E-state index in [1.165, 1.54) is 25.7 Å². The van der Waals surface area contributed by atoms with Gasteiger partial charge in [0.05, 0.1) is 5.69 Å². The van der Waals surface area contributed by atoms with Crippen LogP contribution in [-0.2, 0) is 11.2 Å². The number of carbonyl (C=O) groups excluding carboxylic acids is 1. The van der Waals surface area contributed by atoms with Crippen LogP contribution in [0.3, 0.4) is 0 Å². The van der Waals surface area contributed by atoms with Crippen LogP contribution in [-0.4, -0.2) is 38.7 Å². The third kappa shape index (κ3) is 4.05. The summed E-state index contributed by atoms with van der Waals surface area (Å²) in [6, 6.07) is 7.88. The Morgan fingerprint density at radius 1 is 1.11 bits per heavy atom. The number of H-pyrrole nitrogens is 1. The summed E-state index contributed by atoms with van der Waals surface area (Å²) in [5.74, 6) is 2.18. The highest BCUT2D eigenvalue weighted by Gasteiger charge is 2.27. The molecule has 1 amide bonds. The van der Waals surface area contributed by atoms with E-state index >= 15 is 0 Å². The van der Waals surface area contributed by atoms with Gasteiger partial charge in [-0.2, -0.15) is 5.10 Å². The van der Waals surface area contributed by atoms with Gasteiger partial charge in [-0.05, 0) is 56.1 Å². The molecule has 0 radical (unpaired) electrons. The maximum absolute atomic E-state index is 12.6. The zero-order valence-electron chi connectivity index (χ0n) is 16.7. The minimum atomic E-state index is -0.187. The Balaban J connectivity index is 1.37. The van der Waals surface area contributed by atoms with Crippen LogP contribution >= 0.6 is 0 Å². The number of nitrogens with one attached hydrogen (secondary N) is 1. The van der Waals surface area contributed by atoms with Gasteiger partial charge >= 0.3 is 5.69 Å². The minimum absolute atomic E-state index is 0.187. The van der Waals surface area contributed by atoms with Crippen molar-refractivity contribution in [2.24, 2.45) is 11.8 Å². The Morgan fingerprint density at radius 3 is 2.54 bits per heavy atom. The molecular formula is C22H30N4O2. The first-order valence-corrected chi connectivity index (χ1v) is 10.6. The molecule has 6 heteroatoms. The average molecular weight is 383 g/mol. The normalized spacial score (nSPS) is 18.7. The second kappa shape index (κ2) is 8.33. The molecule has 1 saturated carbocycles. The standard InChI is InChI=1S/C22H30N4O2/c1-16-6-2-5-9-19(16)26-20(23-24-22(26)28)14-18-10-12-25(13-11-18)21(27)15-17-7-3-4-8-17/h2,5-6,9,17-18H,3-4,7-8,10-15H2,1H3,(H,24,28). The Labute approximate surface area is 165 Å². The largest absolute Gasteiger partial charge is 0.347 e. The molecule has 28 heavy (non-hydrogen) atoms. The molecule has 0 bridgehead atoms. The molecule has 0 atom stereocenters. The van der Waals surface area contributed by atoms with Crippen molar-refractivity contribution in [1.29, 1.82) is 0 Å². The van der Waals surface area contributed by atoms with Crippen molar-refractivity contribution >= 4 is 5.91 Å². The summed E-state index contributed by atoms with van der Waals surface area (Å²) >= 11 is 0. The van der Waals surface area contributed by atoms with E-state index in [1.807, 2.05) is 36.1 Å². The number of hydrogen-bond donors (Lipinski definition) is 1. The van der Waals surface area contributed by atoms with Crippen LogP contribution in [0.4, 0.5) is 0 Å². The Morgan fingerprint density at radius 2 is 1.82 bits per heavy atom. The zero-order valence-corrected chi connectivity index (χ0v) is 16.7.